The summed E-state index contributed by atoms with van der Waals surface area (Å²) in [6.07, 6.45) is 0.688. The maximum Gasteiger partial charge on any atom is 0.324 e. The van der Waals surface area contributed by atoms with E-state index in [9.17, 15) is 9.59 Å². The molecule has 21 heavy (non-hydrogen) atoms. The molecule has 0 amide bonds. The van der Waals surface area contributed by atoms with Gasteiger partial charge in [0.1, 0.15) is 5.60 Å². The first-order valence-corrected chi connectivity index (χ1v) is 7.26. The van der Waals surface area contributed by atoms with Gasteiger partial charge in [-0.15, -0.1) is 0 Å². The summed E-state index contributed by atoms with van der Waals surface area (Å²) in [5, 5.41) is 0. The van der Waals surface area contributed by atoms with Gasteiger partial charge in [-0.1, -0.05) is 24.3 Å². The number of fused-ring (bicyclic) bond motifs is 1. The van der Waals surface area contributed by atoms with E-state index in [0.29, 0.717) is 12.8 Å². The molecule has 1 aromatic carbocycles. The second-order valence-electron chi connectivity index (χ2n) is 6.43. The zero-order chi connectivity index (χ0) is 15.7. The van der Waals surface area contributed by atoms with Gasteiger partial charge in [-0.25, -0.2) is 0 Å². The topological polar surface area (TPSA) is 52.6 Å². The summed E-state index contributed by atoms with van der Waals surface area (Å²) in [5.41, 5.74) is 0.144. The van der Waals surface area contributed by atoms with Crippen LogP contribution >= 0.6 is 0 Å². The lowest BCUT2D eigenvalue weighted by Gasteiger charge is -2.29. The van der Waals surface area contributed by atoms with Crippen molar-refractivity contribution in [1.29, 1.82) is 0 Å². The first kappa shape index (κ1) is 15.5. The van der Waals surface area contributed by atoms with Gasteiger partial charge in [0.05, 0.1) is 6.61 Å². The van der Waals surface area contributed by atoms with Crippen molar-refractivity contribution in [3.63, 3.8) is 0 Å². The second kappa shape index (κ2) is 5.51. The third-order valence-electron chi connectivity index (χ3n) is 3.56. The van der Waals surface area contributed by atoms with E-state index in [1.165, 1.54) is 0 Å². The highest BCUT2D eigenvalue weighted by atomic mass is 16.6. The lowest BCUT2D eigenvalue weighted by Crippen LogP contribution is -2.45. The Kier molecular flexibility index (Phi) is 4.08. The molecule has 0 aromatic heterocycles. The SMILES string of the molecule is CCOC(=O)C1(C(=O)OC(C)(C)C)Cc2ccccc2C1. The second-order valence-corrected chi connectivity index (χ2v) is 6.43. The highest BCUT2D eigenvalue weighted by molar-refractivity contribution is 6.01. The summed E-state index contributed by atoms with van der Waals surface area (Å²) in [5.74, 6) is -0.986. The van der Waals surface area contributed by atoms with E-state index in [-0.39, 0.29) is 6.61 Å². The number of hydrogen-bond acceptors (Lipinski definition) is 4. The molecule has 114 valence electrons. The maximum atomic E-state index is 12.6. The fourth-order valence-electron chi connectivity index (χ4n) is 2.63. The highest BCUT2D eigenvalue weighted by Crippen LogP contribution is 2.40. The Balaban J connectivity index is 2.35. The van der Waals surface area contributed by atoms with Gasteiger partial charge in [0.15, 0.2) is 5.41 Å². The molecule has 0 atom stereocenters. The summed E-state index contributed by atoms with van der Waals surface area (Å²) in [6.45, 7) is 7.38. The molecule has 0 aliphatic heterocycles. The average molecular weight is 290 g/mol. The minimum absolute atomic E-state index is 0.250. The van der Waals surface area contributed by atoms with Crippen LogP contribution in [0, 0.1) is 5.41 Å². The largest absolute Gasteiger partial charge is 0.465 e. The molecule has 1 aromatic rings. The Hall–Kier alpha value is -1.84. The minimum atomic E-state index is -1.24. The van der Waals surface area contributed by atoms with Crippen LogP contribution in [-0.2, 0) is 31.9 Å². The smallest absolute Gasteiger partial charge is 0.324 e. The van der Waals surface area contributed by atoms with Crippen LogP contribution in [0.5, 0.6) is 0 Å². The number of esters is 2. The molecule has 0 unspecified atom stereocenters. The van der Waals surface area contributed by atoms with Gasteiger partial charge in [-0.3, -0.25) is 9.59 Å². The molecule has 4 nitrogen and oxygen atoms in total. The van der Waals surface area contributed by atoms with Crippen molar-refractivity contribution in [2.75, 3.05) is 6.61 Å². The van der Waals surface area contributed by atoms with Gasteiger partial charge in [-0.05, 0) is 51.7 Å². The third kappa shape index (κ3) is 3.09. The van der Waals surface area contributed by atoms with Crippen LogP contribution in [0.15, 0.2) is 24.3 Å². The molecule has 0 saturated carbocycles. The predicted molar refractivity (Wildman–Crippen MR) is 78.8 cm³/mol. The van der Waals surface area contributed by atoms with E-state index >= 15 is 0 Å². The number of hydrogen-bond donors (Lipinski definition) is 0. The summed E-state index contributed by atoms with van der Waals surface area (Å²) >= 11 is 0. The number of carbonyl (C=O) groups excluding carboxylic acids is 2. The van der Waals surface area contributed by atoms with E-state index in [4.69, 9.17) is 9.47 Å². The first-order valence-electron chi connectivity index (χ1n) is 7.26. The highest BCUT2D eigenvalue weighted by Gasteiger charge is 2.53. The molecule has 0 bridgehead atoms. The summed E-state index contributed by atoms with van der Waals surface area (Å²) in [6, 6.07) is 7.71. The van der Waals surface area contributed by atoms with E-state index in [0.717, 1.165) is 11.1 Å². The van der Waals surface area contributed by atoms with E-state index < -0.39 is 23.0 Å². The van der Waals surface area contributed by atoms with Crippen molar-refractivity contribution < 1.29 is 19.1 Å². The quantitative estimate of drug-likeness (QED) is 0.634. The monoisotopic (exact) mass is 290 g/mol. The van der Waals surface area contributed by atoms with Crippen LogP contribution < -0.4 is 0 Å². The fourth-order valence-corrected chi connectivity index (χ4v) is 2.63. The maximum absolute atomic E-state index is 12.6. The standard InChI is InChI=1S/C17H22O4/c1-5-20-14(18)17(15(19)21-16(2,3)4)10-12-8-6-7-9-13(12)11-17/h6-9H,5,10-11H2,1-4H3. The summed E-state index contributed by atoms with van der Waals surface area (Å²) < 4.78 is 10.6. The van der Waals surface area contributed by atoms with Gasteiger partial charge in [-0.2, -0.15) is 0 Å². The molecule has 1 aliphatic carbocycles. The van der Waals surface area contributed by atoms with Crippen LogP contribution in [0.4, 0.5) is 0 Å². The molecule has 1 aliphatic rings. The molecule has 2 rings (SSSR count). The zero-order valence-corrected chi connectivity index (χ0v) is 13.1. The lowest BCUT2D eigenvalue weighted by molar-refractivity contribution is -0.178. The molecule has 4 heteroatoms. The van der Waals surface area contributed by atoms with Crippen molar-refractivity contribution >= 4 is 11.9 Å². The third-order valence-corrected chi connectivity index (χ3v) is 3.56. The summed E-state index contributed by atoms with van der Waals surface area (Å²) in [7, 11) is 0. The fraction of sp³-hybridized carbons (Fsp3) is 0.529. The molecule has 0 N–H and O–H groups in total. The molecule has 0 radical (unpaired) electrons. The molecule has 0 saturated heterocycles. The van der Waals surface area contributed by atoms with Crippen molar-refractivity contribution in [3.05, 3.63) is 35.4 Å². The number of benzene rings is 1. The average Bonchev–Trinajstić information content (AvgIpc) is 2.77. The van der Waals surface area contributed by atoms with Gasteiger partial charge < -0.3 is 9.47 Å². The number of rotatable bonds is 3. The van der Waals surface area contributed by atoms with Gasteiger partial charge in [0.2, 0.25) is 0 Å². The Morgan fingerprint density at radius 1 is 1.10 bits per heavy atom. The molecule has 0 fully saturated rings. The Labute approximate surface area is 125 Å². The van der Waals surface area contributed by atoms with Crippen LogP contribution in [-0.4, -0.2) is 24.1 Å². The van der Waals surface area contributed by atoms with E-state index in [2.05, 4.69) is 0 Å². The van der Waals surface area contributed by atoms with Crippen LogP contribution in [0.1, 0.15) is 38.8 Å². The molecule has 0 spiro atoms. The number of carbonyl (C=O) groups is 2. The van der Waals surface area contributed by atoms with Gasteiger partial charge in [0.25, 0.3) is 0 Å². The summed E-state index contributed by atoms with van der Waals surface area (Å²) in [4.78, 5) is 25.1. The van der Waals surface area contributed by atoms with Gasteiger partial charge in [0, 0.05) is 0 Å². The van der Waals surface area contributed by atoms with E-state index in [1.807, 2.05) is 24.3 Å². The van der Waals surface area contributed by atoms with Crippen LogP contribution in [0.25, 0.3) is 0 Å². The van der Waals surface area contributed by atoms with Crippen LogP contribution in [0.2, 0.25) is 0 Å². The lowest BCUT2D eigenvalue weighted by atomic mass is 9.84. The minimum Gasteiger partial charge on any atom is -0.465 e. The van der Waals surface area contributed by atoms with Crippen molar-refractivity contribution in [2.45, 2.75) is 46.1 Å². The molecular weight excluding hydrogens is 268 g/mol. The Bertz CT molecular complexity index is 529. The Morgan fingerprint density at radius 2 is 1.62 bits per heavy atom. The van der Waals surface area contributed by atoms with Crippen molar-refractivity contribution in [2.24, 2.45) is 5.41 Å². The predicted octanol–water partition coefficient (Wildman–Crippen LogP) is 2.68. The molecule has 0 heterocycles. The zero-order valence-electron chi connectivity index (χ0n) is 13.1. The van der Waals surface area contributed by atoms with Crippen LogP contribution in [0.3, 0.4) is 0 Å². The Morgan fingerprint density at radius 3 is 2.05 bits per heavy atom. The first-order chi connectivity index (χ1) is 9.78. The normalized spacial score (nSPS) is 16.2. The number of ether oxygens (including phenoxy) is 2. The van der Waals surface area contributed by atoms with Crippen molar-refractivity contribution in [3.8, 4) is 0 Å². The van der Waals surface area contributed by atoms with Gasteiger partial charge >= 0.3 is 11.9 Å². The molecular formula is C17H22O4. The van der Waals surface area contributed by atoms with Crippen molar-refractivity contribution in [1.82, 2.24) is 0 Å². The van der Waals surface area contributed by atoms with E-state index in [1.54, 1.807) is 27.7 Å².